The molecule has 0 nitrogen and oxygen atoms in total. The first-order valence-electron chi connectivity index (χ1n) is 28.3. The zero-order valence-electron chi connectivity index (χ0n) is 49.7. The Hall–Kier alpha value is -1.74. The van der Waals surface area contributed by atoms with Gasteiger partial charge >= 0.3 is 0 Å². The van der Waals surface area contributed by atoms with Crippen LogP contribution >= 0.6 is 194 Å². The molecule has 0 saturated heterocycles. The molecule has 0 aliphatic heterocycles. The van der Waals surface area contributed by atoms with E-state index < -0.39 is 0 Å². The highest BCUT2D eigenvalue weighted by Gasteiger charge is 2.04. The number of hydrogen-bond acceptors (Lipinski definition) is 14. The molecule has 10 aromatic carbocycles. The van der Waals surface area contributed by atoms with Gasteiger partial charge in [0.15, 0.2) is 0 Å². The van der Waals surface area contributed by atoms with Crippen molar-refractivity contribution >= 4 is 194 Å². The highest BCUT2D eigenvalue weighted by molar-refractivity contribution is 9.35. The second-order valence-corrected chi connectivity index (χ2v) is 40.3. The van der Waals surface area contributed by atoms with Gasteiger partial charge in [-0.15, -0.1) is 0 Å². The van der Waals surface area contributed by atoms with E-state index in [0.717, 1.165) is 77.6 Å². The molecule has 470 valence electrons. The van der Waals surface area contributed by atoms with E-state index in [-0.39, 0.29) is 0 Å². The highest BCUT2D eigenvalue weighted by Crippen LogP contribution is 2.50. The third kappa shape index (κ3) is 36.4. The Labute approximate surface area is 611 Å². The predicted octanol–water partition coefficient (Wildman–Crippen LogP) is 29.7. The zero-order chi connectivity index (χ0) is 63.3. The van der Waals surface area contributed by atoms with Crippen LogP contribution in [0.4, 0.5) is 0 Å². The van der Waals surface area contributed by atoms with Gasteiger partial charge < -0.3 is 0 Å². The summed E-state index contributed by atoms with van der Waals surface area (Å²) in [5, 5.41) is 3.29. The molecule has 0 unspecified atom stereocenters. The van der Waals surface area contributed by atoms with E-state index in [9.17, 15) is 0 Å². The third-order valence-electron chi connectivity index (χ3n) is 12.0. The average Bonchev–Trinajstić information content (AvgIpc) is 3.78. The molecule has 0 bridgehead atoms. The Kier molecular flexibility index (Phi) is 42.7. The first kappa shape index (κ1) is 77.3. The summed E-state index contributed by atoms with van der Waals surface area (Å²) in [7, 11) is 26.2. The van der Waals surface area contributed by atoms with E-state index >= 15 is 0 Å². The van der Waals surface area contributed by atoms with Crippen LogP contribution in [0.2, 0.25) is 20.1 Å². The third-order valence-corrected chi connectivity index (χ3v) is 32.7. The first-order valence-corrected chi connectivity index (χ1v) is 47.5. The van der Waals surface area contributed by atoms with E-state index in [1.807, 2.05) is 192 Å². The fourth-order valence-corrected chi connectivity index (χ4v) is 26.9. The zero-order valence-corrected chi connectivity index (χ0v) is 64.2. The van der Waals surface area contributed by atoms with Crippen molar-refractivity contribution in [3.63, 3.8) is 0 Å². The molecule has 0 aliphatic carbocycles. The molecule has 0 heterocycles. The van der Waals surface area contributed by atoms with Gasteiger partial charge in [-0.1, -0.05) is 396 Å². The van der Waals surface area contributed by atoms with Gasteiger partial charge in [-0.25, -0.2) is 0 Å². The van der Waals surface area contributed by atoms with E-state index in [0.29, 0.717) is 0 Å². The fourth-order valence-electron chi connectivity index (χ4n) is 7.32. The minimum atomic E-state index is 0.802. The van der Waals surface area contributed by atoms with E-state index in [1.165, 1.54) is 66.8 Å². The van der Waals surface area contributed by atoms with E-state index in [1.54, 1.807) is 21.6 Å². The van der Waals surface area contributed by atoms with Crippen LogP contribution in [0.5, 0.6) is 0 Å². The summed E-state index contributed by atoms with van der Waals surface area (Å²) < 4.78 is 0. The Morgan fingerprint density at radius 2 is 0.522 bits per heavy atom. The smallest absolute Gasteiger partial charge is 0.0446 e. The van der Waals surface area contributed by atoms with Crippen molar-refractivity contribution < 1.29 is 0 Å². The molecule has 10 aromatic rings. The van der Waals surface area contributed by atoms with Crippen molar-refractivity contribution in [1.82, 2.24) is 0 Å². The van der Waals surface area contributed by atoms with Crippen molar-refractivity contribution in [2.24, 2.45) is 0 Å². The van der Waals surface area contributed by atoms with Crippen LogP contribution in [-0.2, 0) is 57.5 Å². The Balaban J connectivity index is 0.000000179. The Bertz CT molecular complexity index is 3210. The maximum Gasteiger partial charge on any atom is 0.0446 e. The predicted molar refractivity (Wildman–Crippen MR) is 437 cm³/mol. The topological polar surface area (TPSA) is 0 Å². The summed E-state index contributed by atoms with van der Waals surface area (Å²) in [6.07, 6.45) is 0. The molecule has 0 N–H and O–H groups in total. The summed E-state index contributed by atoms with van der Waals surface area (Å²) in [6.45, 7) is 4.25. The molecule has 90 heavy (non-hydrogen) atoms. The van der Waals surface area contributed by atoms with Crippen LogP contribution in [0.3, 0.4) is 0 Å². The number of hydrogen-bond donors (Lipinski definition) is 0. The quantitative estimate of drug-likeness (QED) is 0.0323. The van der Waals surface area contributed by atoms with Crippen molar-refractivity contribution in [3.05, 3.63) is 354 Å². The minimum absolute atomic E-state index is 0.802. The summed E-state index contributed by atoms with van der Waals surface area (Å²) in [5.41, 5.74) is 15.9. The number of benzene rings is 10. The van der Waals surface area contributed by atoms with Gasteiger partial charge in [-0.05, 0) is 145 Å². The highest BCUT2D eigenvalue weighted by atomic mass is 35.5. The van der Waals surface area contributed by atoms with Gasteiger partial charge in [0, 0.05) is 77.6 Å². The molecule has 10 rings (SSSR count). The standard InChI is InChI=1S/2C15H15ClS2.C14H12Cl2S2.C14H14S5.C14H14S3/c1-12-2-4-13(5-3-12)10-17-18-11-14-6-8-15(16)9-7-14;1-12-4-2-5-13(8-12)10-17-18-11-14-6-3-7-15(16)9-14;15-13-7-3-1-5-11(13)9-17-18-10-12-6-2-4-8-14(12)16;1-3-7-13(8-4-1)11-15-17-19-18-16-12-14-9-5-2-6-10-14;1-3-7-13(8-4-1)11-15-17-16-12-14-9-5-2-6-10-14/h2*2-9H,10-11H2,1H3;1-8H,9-10H2;1-10H,11-12H2;1-10H,11-12H2. The summed E-state index contributed by atoms with van der Waals surface area (Å²) in [6, 6.07) is 91.9. The van der Waals surface area contributed by atoms with Crippen LogP contribution in [-0.4, -0.2) is 0 Å². The van der Waals surface area contributed by atoms with E-state index in [2.05, 4.69) is 214 Å². The molecule has 0 aliphatic rings. The molecule has 0 fully saturated rings. The molecular formula is C72H70Cl4S14. The molecule has 0 saturated carbocycles. The summed E-state index contributed by atoms with van der Waals surface area (Å²) in [4.78, 5) is 0. The second-order valence-electron chi connectivity index (χ2n) is 19.3. The summed E-state index contributed by atoms with van der Waals surface area (Å²) >= 11 is 24.0. The van der Waals surface area contributed by atoms with Gasteiger partial charge in [0.05, 0.1) is 0 Å². The number of halogens is 4. The van der Waals surface area contributed by atoms with Gasteiger partial charge in [0.2, 0.25) is 0 Å². The minimum Gasteiger partial charge on any atom is -0.0890 e. The molecule has 0 amide bonds. The molecule has 0 aromatic heterocycles. The lowest BCUT2D eigenvalue weighted by Gasteiger charge is -2.05. The van der Waals surface area contributed by atoms with Crippen LogP contribution in [0.1, 0.15) is 66.8 Å². The molecule has 0 radical (unpaired) electrons. The Morgan fingerprint density at radius 1 is 0.211 bits per heavy atom. The van der Waals surface area contributed by atoms with Gasteiger partial charge in [0.25, 0.3) is 0 Å². The maximum atomic E-state index is 6.10. The normalized spacial score (nSPS) is 10.5. The van der Waals surface area contributed by atoms with Crippen molar-refractivity contribution in [2.45, 2.75) is 71.4 Å². The maximum absolute atomic E-state index is 6.10. The lowest BCUT2D eigenvalue weighted by atomic mass is 10.2. The van der Waals surface area contributed by atoms with Crippen LogP contribution < -0.4 is 0 Å². The van der Waals surface area contributed by atoms with Gasteiger partial charge in [-0.2, -0.15) is 0 Å². The lowest BCUT2D eigenvalue weighted by molar-refractivity contribution is 1.36. The average molecular weight is 1530 g/mol. The number of rotatable bonds is 29. The SMILES string of the molecule is Cc1ccc(CSSCc2ccc(Cl)cc2)cc1.Cc1cccc(CSSCc2cccc(Cl)c2)c1.Clc1ccccc1CSSCc1ccccc1Cl.c1ccc(CSSSCc2ccccc2)cc1.c1ccc(CSSSSSCc2ccccc2)cc1. The Morgan fingerprint density at radius 3 is 0.922 bits per heavy atom. The van der Waals surface area contributed by atoms with Crippen LogP contribution in [0, 0.1) is 13.8 Å². The summed E-state index contributed by atoms with van der Waals surface area (Å²) in [5.74, 6) is 10.2. The molecular weight excluding hydrogens is 1460 g/mol. The lowest BCUT2D eigenvalue weighted by Crippen LogP contribution is -1.82. The molecule has 0 atom stereocenters. The largest absolute Gasteiger partial charge is 0.0890 e. The van der Waals surface area contributed by atoms with Gasteiger partial charge in [0.1, 0.15) is 0 Å². The monoisotopic (exact) mass is 1520 g/mol. The van der Waals surface area contributed by atoms with E-state index in [4.69, 9.17) is 46.4 Å². The first-order chi connectivity index (χ1) is 44.1. The van der Waals surface area contributed by atoms with Crippen LogP contribution in [0.25, 0.3) is 0 Å². The van der Waals surface area contributed by atoms with Gasteiger partial charge in [-0.3, -0.25) is 0 Å². The molecule has 18 heteroatoms. The molecule has 0 spiro atoms. The van der Waals surface area contributed by atoms with Crippen molar-refractivity contribution in [1.29, 1.82) is 0 Å². The van der Waals surface area contributed by atoms with Crippen molar-refractivity contribution in [3.8, 4) is 0 Å². The fraction of sp³-hybridized carbons (Fsp3) is 0.167. The van der Waals surface area contributed by atoms with Crippen LogP contribution in [0.15, 0.2) is 267 Å². The number of aryl methyl sites for hydroxylation is 2. The second kappa shape index (κ2) is 49.7. The van der Waals surface area contributed by atoms with Crippen molar-refractivity contribution in [2.75, 3.05) is 0 Å².